The summed E-state index contributed by atoms with van der Waals surface area (Å²) in [4.78, 5) is 35.8. The van der Waals surface area contributed by atoms with Crippen LogP contribution in [0.1, 0.15) is 48.3 Å². The summed E-state index contributed by atoms with van der Waals surface area (Å²) in [5.74, 6) is 3.26. The maximum absolute atomic E-state index is 12.9. The van der Waals surface area contributed by atoms with Gasteiger partial charge in [0.2, 0.25) is 18.6 Å². The van der Waals surface area contributed by atoms with Gasteiger partial charge in [-0.1, -0.05) is 12.1 Å². The van der Waals surface area contributed by atoms with Crippen LogP contribution in [0.4, 0.5) is 0 Å². The van der Waals surface area contributed by atoms with Crippen LogP contribution in [0.5, 0.6) is 11.5 Å². The van der Waals surface area contributed by atoms with E-state index in [2.05, 4.69) is 22.0 Å². The second-order valence-corrected chi connectivity index (χ2v) is 9.30. The lowest BCUT2D eigenvalue weighted by molar-refractivity contribution is -0.132. The van der Waals surface area contributed by atoms with E-state index >= 15 is 0 Å². The minimum absolute atomic E-state index is 0.00683. The summed E-state index contributed by atoms with van der Waals surface area (Å²) >= 11 is 0. The molecule has 2 saturated heterocycles. The monoisotopic (exact) mass is 469 g/mol. The van der Waals surface area contributed by atoms with Gasteiger partial charge < -0.3 is 23.8 Å². The summed E-state index contributed by atoms with van der Waals surface area (Å²) in [6, 6.07) is 5.30. The molecule has 10 heteroatoms. The number of piperazine rings is 1. The van der Waals surface area contributed by atoms with Crippen molar-refractivity contribution in [2.75, 3.05) is 46.1 Å². The smallest absolute Gasteiger partial charge is 0.254 e. The van der Waals surface area contributed by atoms with E-state index in [0.29, 0.717) is 67.2 Å². The Balaban J connectivity index is 1.06. The standard InChI is InChI=1S/C24H31N5O5/c1-17-6-8-28(9-7-17)23(30)5-4-22-25-21(26-34-22)15-27-10-12-29(13-11-27)24(31)18-2-3-19-20(14-18)33-16-32-19/h2-3,14,17H,4-13,15-16H2,1H3. The van der Waals surface area contributed by atoms with E-state index in [4.69, 9.17) is 14.0 Å². The molecule has 5 rings (SSSR count). The molecule has 2 fully saturated rings. The highest BCUT2D eigenvalue weighted by Crippen LogP contribution is 2.32. The van der Waals surface area contributed by atoms with E-state index in [9.17, 15) is 9.59 Å². The van der Waals surface area contributed by atoms with Crippen LogP contribution in [0.25, 0.3) is 0 Å². The van der Waals surface area contributed by atoms with Gasteiger partial charge in [-0.25, -0.2) is 0 Å². The number of carbonyl (C=O) groups excluding carboxylic acids is 2. The van der Waals surface area contributed by atoms with E-state index in [-0.39, 0.29) is 18.6 Å². The first-order valence-corrected chi connectivity index (χ1v) is 12.1. The SMILES string of the molecule is CC1CCN(C(=O)CCc2nc(CN3CCN(C(=O)c4ccc5c(c4)OCO5)CC3)no2)CC1. The molecule has 3 aliphatic heterocycles. The van der Waals surface area contributed by atoms with Crippen LogP contribution in [0.2, 0.25) is 0 Å². The molecule has 0 bridgehead atoms. The van der Waals surface area contributed by atoms with E-state index in [0.717, 1.165) is 39.0 Å². The zero-order chi connectivity index (χ0) is 23.5. The molecule has 2 aromatic rings. The first-order chi connectivity index (χ1) is 16.5. The van der Waals surface area contributed by atoms with Crippen molar-refractivity contribution in [2.45, 2.75) is 39.2 Å². The lowest BCUT2D eigenvalue weighted by Crippen LogP contribution is -2.48. The number of benzene rings is 1. The van der Waals surface area contributed by atoms with E-state index < -0.39 is 0 Å². The molecular weight excluding hydrogens is 438 g/mol. The number of amides is 2. The fraction of sp³-hybridized carbons (Fsp3) is 0.583. The molecule has 10 nitrogen and oxygen atoms in total. The third-order valence-corrected chi connectivity index (χ3v) is 6.84. The Morgan fingerprint density at radius 2 is 1.76 bits per heavy atom. The summed E-state index contributed by atoms with van der Waals surface area (Å²) in [7, 11) is 0. The van der Waals surface area contributed by atoms with Crippen LogP contribution in [-0.4, -0.2) is 82.7 Å². The number of likely N-dealkylation sites (tertiary alicyclic amines) is 1. The highest BCUT2D eigenvalue weighted by Gasteiger charge is 2.25. The average Bonchev–Trinajstić information content (AvgIpc) is 3.52. The van der Waals surface area contributed by atoms with Gasteiger partial charge in [-0.2, -0.15) is 4.98 Å². The molecule has 4 heterocycles. The molecule has 0 saturated carbocycles. The molecule has 0 atom stereocenters. The normalized spacial score (nSPS) is 19.0. The van der Waals surface area contributed by atoms with Gasteiger partial charge in [0, 0.05) is 57.7 Å². The molecule has 182 valence electrons. The highest BCUT2D eigenvalue weighted by atomic mass is 16.7. The van der Waals surface area contributed by atoms with Crippen molar-refractivity contribution in [3.8, 4) is 11.5 Å². The molecule has 2 amide bonds. The van der Waals surface area contributed by atoms with Gasteiger partial charge >= 0.3 is 0 Å². The fourth-order valence-electron chi connectivity index (χ4n) is 4.61. The van der Waals surface area contributed by atoms with Crippen molar-refractivity contribution >= 4 is 11.8 Å². The van der Waals surface area contributed by atoms with Crippen LogP contribution in [0.15, 0.2) is 22.7 Å². The molecular formula is C24H31N5O5. The third-order valence-electron chi connectivity index (χ3n) is 6.84. The van der Waals surface area contributed by atoms with E-state index in [1.165, 1.54) is 0 Å². The van der Waals surface area contributed by atoms with Gasteiger partial charge in [-0.15, -0.1) is 0 Å². The Labute approximate surface area is 198 Å². The van der Waals surface area contributed by atoms with Crippen molar-refractivity contribution in [3.05, 3.63) is 35.5 Å². The first kappa shape index (κ1) is 22.6. The third kappa shape index (κ3) is 5.16. The second-order valence-electron chi connectivity index (χ2n) is 9.30. The Bertz CT molecular complexity index is 1020. The lowest BCUT2D eigenvalue weighted by Gasteiger charge is -2.34. The number of aromatic nitrogens is 2. The molecule has 1 aromatic heterocycles. The first-order valence-electron chi connectivity index (χ1n) is 12.1. The summed E-state index contributed by atoms with van der Waals surface area (Å²) in [6.07, 6.45) is 3.02. The number of hydrogen-bond acceptors (Lipinski definition) is 8. The predicted molar refractivity (Wildman–Crippen MR) is 121 cm³/mol. The van der Waals surface area contributed by atoms with Crippen molar-refractivity contribution in [2.24, 2.45) is 5.92 Å². The maximum atomic E-state index is 12.9. The van der Waals surface area contributed by atoms with Crippen molar-refractivity contribution in [1.82, 2.24) is 24.8 Å². The van der Waals surface area contributed by atoms with Crippen LogP contribution >= 0.6 is 0 Å². The molecule has 0 radical (unpaired) electrons. The lowest BCUT2D eigenvalue weighted by atomic mass is 9.99. The Morgan fingerprint density at radius 3 is 2.56 bits per heavy atom. The molecule has 0 spiro atoms. The summed E-state index contributed by atoms with van der Waals surface area (Å²) < 4.78 is 16.1. The summed E-state index contributed by atoms with van der Waals surface area (Å²) in [5, 5.41) is 4.09. The van der Waals surface area contributed by atoms with Crippen molar-refractivity contribution in [3.63, 3.8) is 0 Å². The Morgan fingerprint density at radius 1 is 1.00 bits per heavy atom. The van der Waals surface area contributed by atoms with Crippen LogP contribution in [0, 0.1) is 5.92 Å². The van der Waals surface area contributed by atoms with Crippen LogP contribution in [0.3, 0.4) is 0 Å². The van der Waals surface area contributed by atoms with Gasteiger partial charge in [-0.3, -0.25) is 14.5 Å². The summed E-state index contributed by atoms with van der Waals surface area (Å²) in [5.41, 5.74) is 0.606. The number of ether oxygens (including phenoxy) is 2. The van der Waals surface area contributed by atoms with Crippen molar-refractivity contribution in [1.29, 1.82) is 0 Å². The number of nitrogens with zero attached hydrogens (tertiary/aromatic N) is 5. The Hall–Kier alpha value is -3.14. The zero-order valence-electron chi connectivity index (χ0n) is 19.6. The van der Waals surface area contributed by atoms with Crippen molar-refractivity contribution < 1.29 is 23.6 Å². The quantitative estimate of drug-likeness (QED) is 0.633. The second kappa shape index (κ2) is 10.0. The molecule has 0 unspecified atom stereocenters. The van der Waals surface area contributed by atoms with Gasteiger partial charge in [0.05, 0.1) is 6.54 Å². The van der Waals surface area contributed by atoms with E-state index in [1.807, 2.05) is 9.80 Å². The largest absolute Gasteiger partial charge is 0.454 e. The van der Waals surface area contributed by atoms with Gasteiger partial charge in [0.1, 0.15) is 0 Å². The molecule has 1 aromatic carbocycles. The molecule has 34 heavy (non-hydrogen) atoms. The summed E-state index contributed by atoms with van der Waals surface area (Å²) in [6.45, 7) is 7.39. The van der Waals surface area contributed by atoms with Gasteiger partial charge in [0.25, 0.3) is 5.91 Å². The number of carbonyl (C=O) groups is 2. The number of piperidine rings is 1. The Kier molecular flexibility index (Phi) is 6.66. The topological polar surface area (TPSA) is 101 Å². The molecule has 0 N–H and O–H groups in total. The van der Waals surface area contributed by atoms with Crippen LogP contribution < -0.4 is 9.47 Å². The minimum atomic E-state index is -0.00683. The maximum Gasteiger partial charge on any atom is 0.254 e. The molecule has 3 aliphatic rings. The highest BCUT2D eigenvalue weighted by molar-refractivity contribution is 5.95. The van der Waals surface area contributed by atoms with Gasteiger partial charge in [0.15, 0.2) is 17.3 Å². The van der Waals surface area contributed by atoms with Crippen LogP contribution in [-0.2, 0) is 17.8 Å². The van der Waals surface area contributed by atoms with E-state index in [1.54, 1.807) is 18.2 Å². The fourth-order valence-corrected chi connectivity index (χ4v) is 4.61. The zero-order valence-corrected chi connectivity index (χ0v) is 19.6. The van der Waals surface area contributed by atoms with Gasteiger partial charge in [-0.05, 0) is 37.0 Å². The predicted octanol–water partition coefficient (Wildman–Crippen LogP) is 1.95. The molecule has 0 aliphatic carbocycles. The number of rotatable bonds is 6. The number of fused-ring (bicyclic) bond motifs is 1. The number of aryl methyl sites for hydroxylation is 1. The average molecular weight is 470 g/mol. The minimum Gasteiger partial charge on any atom is -0.454 e. The number of hydrogen-bond donors (Lipinski definition) is 0.